The van der Waals surface area contributed by atoms with E-state index >= 15 is 0 Å². The van der Waals surface area contributed by atoms with Crippen molar-refractivity contribution in [3.8, 4) is 17.3 Å². The Hall–Kier alpha value is -2.67. The first kappa shape index (κ1) is 20.1. The van der Waals surface area contributed by atoms with Gasteiger partial charge in [-0.15, -0.1) is 5.10 Å². The van der Waals surface area contributed by atoms with Crippen LogP contribution in [0.2, 0.25) is 0 Å². The highest BCUT2D eigenvalue weighted by atomic mass is 32.1. The van der Waals surface area contributed by atoms with Crippen LogP contribution in [-0.4, -0.2) is 26.2 Å². The maximum absolute atomic E-state index is 10.9. The highest BCUT2D eigenvalue weighted by Gasteiger charge is 2.26. The summed E-state index contributed by atoms with van der Waals surface area (Å²) in [7, 11) is 0. The number of nitrogens with zero attached hydrogens (tertiary/aromatic N) is 3. The number of rotatable bonds is 3. The molecule has 1 aromatic carbocycles. The van der Waals surface area contributed by atoms with Gasteiger partial charge in [-0.25, -0.2) is 5.10 Å². The Morgan fingerprint density at radius 3 is 2.25 bits per heavy atom. The molecular formula is C21H26N4O2S. The minimum Gasteiger partial charge on any atom is -0.507 e. The van der Waals surface area contributed by atoms with Crippen LogP contribution in [0.4, 0.5) is 0 Å². The number of furan rings is 1. The summed E-state index contributed by atoms with van der Waals surface area (Å²) in [6.45, 7) is 12.5. The molecule has 3 aromatic rings. The number of phenols is 1. The SMILES string of the molecule is CC(C)(C)c1cc(/C=N/n2c(-c3ccco3)n[nH]c2=S)cc(C(C)(C)C)c1O. The van der Waals surface area contributed by atoms with E-state index in [4.69, 9.17) is 16.6 Å². The average molecular weight is 399 g/mol. The Morgan fingerprint density at radius 1 is 1.14 bits per heavy atom. The van der Waals surface area contributed by atoms with Gasteiger partial charge in [0.15, 0.2) is 5.76 Å². The van der Waals surface area contributed by atoms with Gasteiger partial charge in [-0.2, -0.15) is 9.78 Å². The number of aromatic amines is 1. The quantitative estimate of drug-likeness (QED) is 0.458. The van der Waals surface area contributed by atoms with Gasteiger partial charge in [0.1, 0.15) is 5.75 Å². The van der Waals surface area contributed by atoms with Gasteiger partial charge in [0.05, 0.1) is 12.5 Å². The molecule has 0 radical (unpaired) electrons. The molecule has 2 N–H and O–H groups in total. The summed E-state index contributed by atoms with van der Waals surface area (Å²) in [5, 5.41) is 22.3. The second kappa shape index (κ2) is 7.05. The molecule has 0 unspecified atom stereocenters. The number of H-pyrrole nitrogens is 1. The molecule has 0 spiro atoms. The molecule has 0 aliphatic rings. The number of hydrogen-bond donors (Lipinski definition) is 2. The van der Waals surface area contributed by atoms with Gasteiger partial charge in [0.25, 0.3) is 0 Å². The Kier molecular flexibility index (Phi) is 5.06. The fourth-order valence-corrected chi connectivity index (χ4v) is 3.14. The molecule has 2 aromatic heterocycles. The summed E-state index contributed by atoms with van der Waals surface area (Å²) >= 11 is 5.30. The van der Waals surface area contributed by atoms with Crippen LogP contribution in [-0.2, 0) is 10.8 Å². The molecule has 3 rings (SSSR count). The summed E-state index contributed by atoms with van der Waals surface area (Å²) in [4.78, 5) is 0. The van der Waals surface area contributed by atoms with Crippen molar-refractivity contribution in [2.45, 2.75) is 52.4 Å². The first-order valence-corrected chi connectivity index (χ1v) is 9.53. The highest BCUT2D eigenvalue weighted by Crippen LogP contribution is 2.39. The molecule has 0 amide bonds. The van der Waals surface area contributed by atoms with Crippen LogP contribution in [0.1, 0.15) is 58.2 Å². The molecule has 148 valence electrons. The lowest BCUT2D eigenvalue weighted by Crippen LogP contribution is -2.18. The second-order valence-electron chi connectivity index (χ2n) is 8.85. The first-order valence-electron chi connectivity index (χ1n) is 9.12. The summed E-state index contributed by atoms with van der Waals surface area (Å²) in [5.74, 6) is 1.41. The molecule has 0 fully saturated rings. The van der Waals surface area contributed by atoms with Crippen molar-refractivity contribution in [1.29, 1.82) is 0 Å². The van der Waals surface area contributed by atoms with Crippen LogP contribution in [0.5, 0.6) is 5.75 Å². The number of hydrogen-bond acceptors (Lipinski definition) is 5. The van der Waals surface area contributed by atoms with E-state index in [1.807, 2.05) is 12.1 Å². The molecule has 28 heavy (non-hydrogen) atoms. The lowest BCUT2D eigenvalue weighted by atomic mass is 9.78. The summed E-state index contributed by atoms with van der Waals surface area (Å²) in [6, 6.07) is 7.51. The third-order valence-corrected chi connectivity index (χ3v) is 4.73. The van der Waals surface area contributed by atoms with E-state index in [0.717, 1.165) is 16.7 Å². The molecular weight excluding hydrogens is 372 g/mol. The zero-order valence-electron chi connectivity index (χ0n) is 17.1. The van der Waals surface area contributed by atoms with Gasteiger partial charge in [-0.1, -0.05) is 41.5 Å². The zero-order valence-corrected chi connectivity index (χ0v) is 17.9. The van der Waals surface area contributed by atoms with Gasteiger partial charge >= 0.3 is 0 Å². The Balaban J connectivity index is 2.11. The molecule has 2 heterocycles. The maximum atomic E-state index is 10.9. The second-order valence-corrected chi connectivity index (χ2v) is 9.24. The zero-order chi connectivity index (χ0) is 20.7. The molecule has 0 bridgehead atoms. The third-order valence-electron chi connectivity index (χ3n) is 4.46. The van der Waals surface area contributed by atoms with Crippen LogP contribution in [0.15, 0.2) is 40.0 Å². The van der Waals surface area contributed by atoms with Crippen molar-refractivity contribution in [2.75, 3.05) is 0 Å². The lowest BCUT2D eigenvalue weighted by Gasteiger charge is -2.27. The lowest BCUT2D eigenvalue weighted by molar-refractivity contribution is 0.423. The summed E-state index contributed by atoms with van der Waals surface area (Å²) in [6.07, 6.45) is 3.30. The molecule has 0 saturated heterocycles. The Morgan fingerprint density at radius 2 is 1.75 bits per heavy atom. The number of aromatic hydroxyl groups is 1. The van der Waals surface area contributed by atoms with Crippen molar-refractivity contribution < 1.29 is 9.52 Å². The van der Waals surface area contributed by atoms with Crippen molar-refractivity contribution in [2.24, 2.45) is 5.10 Å². The van der Waals surface area contributed by atoms with Gasteiger partial charge in [-0.3, -0.25) is 0 Å². The van der Waals surface area contributed by atoms with Gasteiger partial charge in [-0.05, 0) is 52.9 Å². The monoisotopic (exact) mass is 398 g/mol. The van der Waals surface area contributed by atoms with Crippen LogP contribution in [0.25, 0.3) is 11.6 Å². The van der Waals surface area contributed by atoms with Crippen LogP contribution in [0.3, 0.4) is 0 Å². The predicted molar refractivity (Wildman–Crippen MR) is 114 cm³/mol. The normalized spacial score (nSPS) is 12.8. The van der Waals surface area contributed by atoms with Gasteiger partial charge in [0.2, 0.25) is 10.6 Å². The predicted octanol–water partition coefficient (Wildman–Crippen LogP) is 5.38. The summed E-state index contributed by atoms with van der Waals surface area (Å²) in [5.41, 5.74) is 2.21. The van der Waals surface area contributed by atoms with E-state index in [0.29, 0.717) is 22.1 Å². The van der Waals surface area contributed by atoms with Gasteiger partial charge in [0, 0.05) is 11.1 Å². The molecule has 0 saturated carbocycles. The molecule has 7 heteroatoms. The topological polar surface area (TPSA) is 79.3 Å². The molecule has 0 atom stereocenters. The van der Waals surface area contributed by atoms with Crippen LogP contribution < -0.4 is 0 Å². The number of nitrogens with one attached hydrogen (secondary N) is 1. The highest BCUT2D eigenvalue weighted by molar-refractivity contribution is 7.71. The average Bonchev–Trinajstić information content (AvgIpc) is 3.21. The Bertz CT molecular complexity index is 1030. The number of benzene rings is 1. The fraction of sp³-hybridized carbons (Fsp3) is 0.381. The van der Waals surface area contributed by atoms with Crippen molar-refractivity contribution >= 4 is 18.4 Å². The summed E-state index contributed by atoms with van der Waals surface area (Å²) < 4.78 is 7.30. The van der Waals surface area contributed by atoms with E-state index in [9.17, 15) is 5.11 Å². The van der Waals surface area contributed by atoms with E-state index in [1.54, 1.807) is 24.6 Å². The molecule has 0 aliphatic heterocycles. The standard InChI is InChI=1S/C21H26N4O2S/c1-20(2,3)14-10-13(11-15(17(14)26)21(4,5)6)12-22-25-18(23-24-19(25)28)16-8-7-9-27-16/h7-12,26H,1-6H3,(H,24,28)/b22-12+. The number of phenolic OH excluding ortho intramolecular Hbond substituents is 1. The Labute approximate surface area is 169 Å². The third kappa shape index (κ3) is 3.94. The largest absolute Gasteiger partial charge is 0.507 e. The van der Waals surface area contributed by atoms with Crippen LogP contribution >= 0.6 is 12.2 Å². The van der Waals surface area contributed by atoms with E-state index in [2.05, 4.69) is 56.8 Å². The van der Waals surface area contributed by atoms with Crippen molar-refractivity contribution in [1.82, 2.24) is 14.9 Å². The minimum atomic E-state index is -0.209. The smallest absolute Gasteiger partial charge is 0.219 e. The maximum Gasteiger partial charge on any atom is 0.219 e. The fourth-order valence-electron chi connectivity index (χ4n) is 2.96. The van der Waals surface area contributed by atoms with E-state index in [-0.39, 0.29) is 10.8 Å². The number of aromatic nitrogens is 3. The van der Waals surface area contributed by atoms with Crippen molar-refractivity contribution in [3.63, 3.8) is 0 Å². The minimum absolute atomic E-state index is 0.209. The molecule has 0 aliphatic carbocycles. The van der Waals surface area contributed by atoms with E-state index in [1.165, 1.54) is 4.68 Å². The van der Waals surface area contributed by atoms with Gasteiger partial charge < -0.3 is 9.52 Å². The van der Waals surface area contributed by atoms with Crippen LogP contribution in [0, 0.1) is 4.77 Å². The van der Waals surface area contributed by atoms with Crippen molar-refractivity contribution in [3.05, 3.63) is 52.0 Å². The molecule has 6 nitrogen and oxygen atoms in total. The first-order chi connectivity index (χ1) is 13.0. The van der Waals surface area contributed by atoms with E-state index < -0.39 is 0 Å².